The highest BCUT2D eigenvalue weighted by atomic mass is 16.5. The molecule has 0 aliphatic heterocycles. The fourth-order valence-corrected chi connectivity index (χ4v) is 2.18. The summed E-state index contributed by atoms with van der Waals surface area (Å²) in [6.45, 7) is 1.69. The number of amides is 1. The number of nitrogens with one attached hydrogen (secondary N) is 2. The highest BCUT2D eigenvalue weighted by Crippen LogP contribution is 2.13. The number of rotatable bonds is 7. The van der Waals surface area contributed by atoms with Crippen LogP contribution in [0.4, 0.5) is 0 Å². The summed E-state index contributed by atoms with van der Waals surface area (Å²) >= 11 is 0. The van der Waals surface area contributed by atoms with Gasteiger partial charge in [-0.05, 0) is 24.1 Å². The molecular formula is C17H21N3O4. The van der Waals surface area contributed by atoms with Crippen LogP contribution in [0.1, 0.15) is 35.2 Å². The van der Waals surface area contributed by atoms with Crippen molar-refractivity contribution >= 4 is 5.91 Å². The summed E-state index contributed by atoms with van der Waals surface area (Å²) < 4.78 is 5.10. The molecule has 1 unspecified atom stereocenters. The average Bonchev–Trinajstić information content (AvgIpc) is 2.59. The Hall–Kier alpha value is -2.67. The summed E-state index contributed by atoms with van der Waals surface area (Å²) in [4.78, 5) is 30.8. The SMILES string of the molecule is CCC(CO)NC(=O)c1cc(=O)[nH]c(Cc2ccc(OC)cc2)n1. The van der Waals surface area contributed by atoms with E-state index in [0.29, 0.717) is 18.7 Å². The van der Waals surface area contributed by atoms with E-state index in [1.807, 2.05) is 31.2 Å². The minimum atomic E-state index is -0.474. The minimum absolute atomic E-state index is 0.0363. The number of nitrogens with zero attached hydrogens (tertiary/aromatic N) is 1. The molecule has 0 aliphatic carbocycles. The number of carbonyl (C=O) groups is 1. The lowest BCUT2D eigenvalue weighted by Gasteiger charge is -2.13. The smallest absolute Gasteiger partial charge is 0.270 e. The van der Waals surface area contributed by atoms with Crippen molar-refractivity contribution in [1.82, 2.24) is 15.3 Å². The third-order valence-electron chi connectivity index (χ3n) is 3.60. The van der Waals surface area contributed by atoms with E-state index in [0.717, 1.165) is 17.4 Å². The van der Waals surface area contributed by atoms with Gasteiger partial charge in [-0.25, -0.2) is 4.98 Å². The number of hydrogen-bond acceptors (Lipinski definition) is 5. The summed E-state index contributed by atoms with van der Waals surface area (Å²) in [5, 5.41) is 11.8. The van der Waals surface area contributed by atoms with Gasteiger partial charge in [0.25, 0.3) is 11.5 Å². The lowest BCUT2D eigenvalue weighted by Crippen LogP contribution is -2.38. The molecule has 7 heteroatoms. The van der Waals surface area contributed by atoms with Gasteiger partial charge in [0, 0.05) is 12.5 Å². The maximum atomic E-state index is 12.2. The molecule has 1 aromatic carbocycles. The van der Waals surface area contributed by atoms with Gasteiger partial charge in [-0.15, -0.1) is 0 Å². The van der Waals surface area contributed by atoms with E-state index in [9.17, 15) is 9.59 Å². The zero-order valence-electron chi connectivity index (χ0n) is 13.7. The molecule has 0 bridgehead atoms. The van der Waals surface area contributed by atoms with E-state index < -0.39 is 11.5 Å². The van der Waals surface area contributed by atoms with Gasteiger partial charge in [-0.3, -0.25) is 9.59 Å². The maximum Gasteiger partial charge on any atom is 0.270 e. The number of ether oxygens (including phenoxy) is 1. The first-order valence-corrected chi connectivity index (χ1v) is 7.70. The van der Waals surface area contributed by atoms with Gasteiger partial charge in [0.1, 0.15) is 17.3 Å². The first-order valence-electron chi connectivity index (χ1n) is 7.70. The minimum Gasteiger partial charge on any atom is -0.497 e. The molecule has 2 rings (SSSR count). The van der Waals surface area contributed by atoms with Crippen LogP contribution in [0.3, 0.4) is 0 Å². The molecule has 24 heavy (non-hydrogen) atoms. The first-order chi connectivity index (χ1) is 11.5. The van der Waals surface area contributed by atoms with Crippen LogP contribution in [-0.2, 0) is 6.42 Å². The Labute approximate surface area is 139 Å². The number of aliphatic hydroxyl groups excluding tert-OH is 1. The van der Waals surface area contributed by atoms with Crippen molar-refractivity contribution in [2.45, 2.75) is 25.8 Å². The molecule has 7 nitrogen and oxygen atoms in total. The molecule has 0 spiro atoms. The monoisotopic (exact) mass is 331 g/mol. The van der Waals surface area contributed by atoms with Gasteiger partial charge in [-0.1, -0.05) is 19.1 Å². The second-order valence-corrected chi connectivity index (χ2v) is 5.36. The number of H-pyrrole nitrogens is 1. The zero-order chi connectivity index (χ0) is 17.5. The van der Waals surface area contributed by atoms with Crippen LogP contribution in [0.5, 0.6) is 5.75 Å². The summed E-state index contributed by atoms with van der Waals surface area (Å²) in [5.41, 5.74) is 0.572. The van der Waals surface area contributed by atoms with Gasteiger partial charge >= 0.3 is 0 Å². The van der Waals surface area contributed by atoms with Crippen molar-refractivity contribution in [1.29, 1.82) is 0 Å². The molecule has 0 saturated heterocycles. The largest absolute Gasteiger partial charge is 0.497 e. The second kappa shape index (κ2) is 8.26. The highest BCUT2D eigenvalue weighted by molar-refractivity contribution is 5.92. The number of hydrogen-bond donors (Lipinski definition) is 3. The van der Waals surface area contributed by atoms with Gasteiger partial charge in [0.2, 0.25) is 0 Å². The van der Waals surface area contributed by atoms with Crippen molar-refractivity contribution in [3.63, 3.8) is 0 Å². The molecule has 0 saturated carbocycles. The third kappa shape index (κ3) is 4.66. The van der Waals surface area contributed by atoms with Crippen LogP contribution >= 0.6 is 0 Å². The number of aromatic amines is 1. The van der Waals surface area contributed by atoms with Gasteiger partial charge in [0.15, 0.2) is 0 Å². The van der Waals surface area contributed by atoms with Crippen LogP contribution in [0, 0.1) is 0 Å². The van der Waals surface area contributed by atoms with Crippen molar-refractivity contribution < 1.29 is 14.6 Å². The Morgan fingerprint density at radius 1 is 1.38 bits per heavy atom. The number of carbonyl (C=O) groups excluding carboxylic acids is 1. The molecule has 2 aromatic rings. The molecular weight excluding hydrogens is 310 g/mol. The Bertz CT molecular complexity index is 736. The highest BCUT2D eigenvalue weighted by Gasteiger charge is 2.14. The fourth-order valence-electron chi connectivity index (χ4n) is 2.18. The van der Waals surface area contributed by atoms with Crippen LogP contribution in [-0.4, -0.2) is 40.7 Å². The van der Waals surface area contributed by atoms with Crippen molar-refractivity contribution in [3.05, 3.63) is 57.8 Å². The fraction of sp³-hybridized carbons (Fsp3) is 0.353. The molecule has 3 N–H and O–H groups in total. The number of aliphatic hydroxyl groups is 1. The number of aromatic nitrogens is 2. The molecule has 1 heterocycles. The molecule has 1 amide bonds. The molecule has 0 aliphatic rings. The van der Waals surface area contributed by atoms with E-state index in [4.69, 9.17) is 9.84 Å². The second-order valence-electron chi connectivity index (χ2n) is 5.36. The van der Waals surface area contributed by atoms with E-state index >= 15 is 0 Å². The quantitative estimate of drug-likeness (QED) is 0.698. The zero-order valence-corrected chi connectivity index (χ0v) is 13.7. The molecule has 0 radical (unpaired) electrons. The predicted octanol–water partition coefficient (Wildman–Crippen LogP) is 0.870. The molecule has 128 valence electrons. The van der Waals surface area contributed by atoms with Gasteiger partial charge < -0.3 is 20.1 Å². The lowest BCUT2D eigenvalue weighted by molar-refractivity contribution is 0.0909. The van der Waals surface area contributed by atoms with Crippen LogP contribution < -0.4 is 15.6 Å². The van der Waals surface area contributed by atoms with Crippen molar-refractivity contribution in [2.75, 3.05) is 13.7 Å². The normalized spacial score (nSPS) is 11.8. The van der Waals surface area contributed by atoms with Crippen molar-refractivity contribution in [2.24, 2.45) is 0 Å². The standard InChI is InChI=1S/C17H21N3O4/c1-3-12(10-21)18-17(23)14-9-16(22)20-15(19-14)8-11-4-6-13(24-2)7-5-11/h4-7,9,12,21H,3,8,10H2,1-2H3,(H,18,23)(H,19,20,22). The van der Waals surface area contributed by atoms with Crippen molar-refractivity contribution in [3.8, 4) is 5.75 Å². The van der Waals surface area contributed by atoms with Crippen LogP contribution in [0.15, 0.2) is 35.1 Å². The molecule has 0 fully saturated rings. The summed E-state index contributed by atoms with van der Waals surface area (Å²) in [6, 6.07) is 8.16. The molecule has 1 aromatic heterocycles. The summed E-state index contributed by atoms with van der Waals surface area (Å²) in [7, 11) is 1.59. The van der Waals surface area contributed by atoms with E-state index in [1.165, 1.54) is 0 Å². The lowest BCUT2D eigenvalue weighted by atomic mass is 10.1. The van der Waals surface area contributed by atoms with Gasteiger partial charge in [-0.2, -0.15) is 0 Å². The number of methoxy groups -OCH3 is 1. The predicted molar refractivity (Wildman–Crippen MR) is 89.3 cm³/mol. The maximum absolute atomic E-state index is 12.2. The first kappa shape index (κ1) is 17.7. The van der Waals surface area contributed by atoms with Crippen LogP contribution in [0.25, 0.3) is 0 Å². The Balaban J connectivity index is 2.18. The molecule has 1 atom stereocenters. The van der Waals surface area contributed by atoms with E-state index in [-0.39, 0.29) is 18.3 Å². The van der Waals surface area contributed by atoms with Gasteiger partial charge in [0.05, 0.1) is 19.8 Å². The summed E-state index contributed by atoms with van der Waals surface area (Å²) in [5.74, 6) is 0.663. The Kier molecular flexibility index (Phi) is 6.08. The third-order valence-corrected chi connectivity index (χ3v) is 3.60. The average molecular weight is 331 g/mol. The van der Waals surface area contributed by atoms with E-state index in [2.05, 4.69) is 15.3 Å². The van der Waals surface area contributed by atoms with Crippen LogP contribution in [0.2, 0.25) is 0 Å². The number of benzene rings is 1. The summed E-state index contributed by atoms with van der Waals surface area (Å²) in [6.07, 6.45) is 0.974. The Morgan fingerprint density at radius 3 is 2.67 bits per heavy atom. The topological polar surface area (TPSA) is 104 Å². The van der Waals surface area contributed by atoms with E-state index in [1.54, 1.807) is 7.11 Å². The Morgan fingerprint density at radius 2 is 2.08 bits per heavy atom.